The van der Waals surface area contributed by atoms with Crippen molar-refractivity contribution in [3.8, 4) is 11.3 Å². The Labute approximate surface area is 93.1 Å². The molecule has 2 aromatic rings. The highest BCUT2D eigenvalue weighted by Gasteiger charge is 2.13. The molecule has 1 N–H and O–H groups in total. The highest BCUT2D eigenvalue weighted by atomic mass is 16.4. The first-order valence-corrected chi connectivity index (χ1v) is 4.93. The van der Waals surface area contributed by atoms with Crippen molar-refractivity contribution < 1.29 is 9.90 Å². The normalized spacial score (nSPS) is 10.4. The third-order valence-corrected chi connectivity index (χ3v) is 2.52. The number of carboxylic acid groups (broad SMARTS) is 1. The molecule has 1 aromatic carbocycles. The maximum atomic E-state index is 10.9. The number of nitrogens with zero attached hydrogens (tertiary/aromatic N) is 2. The number of carboxylic acids is 1. The molecule has 0 unspecified atom stereocenters. The average Bonchev–Trinajstić information content (AvgIpc) is 2.61. The molecule has 4 nitrogen and oxygen atoms in total. The summed E-state index contributed by atoms with van der Waals surface area (Å²) >= 11 is 0. The van der Waals surface area contributed by atoms with Crippen LogP contribution in [-0.2, 0) is 7.05 Å². The lowest BCUT2D eigenvalue weighted by molar-refractivity contribution is 0.0685. The van der Waals surface area contributed by atoms with Crippen LogP contribution < -0.4 is 0 Å². The van der Waals surface area contributed by atoms with Gasteiger partial charge >= 0.3 is 5.97 Å². The molecule has 4 heteroatoms. The maximum absolute atomic E-state index is 10.9. The van der Waals surface area contributed by atoms with Crippen LogP contribution in [-0.4, -0.2) is 20.9 Å². The standard InChI is InChI=1S/C12H12N2O2/c1-8-5-3-4-6-9(8)10-7-11(12(15)16)14(2)13-10/h3-7H,1-2H3,(H,15,16). The molecule has 82 valence electrons. The van der Waals surface area contributed by atoms with Gasteiger partial charge in [-0.15, -0.1) is 0 Å². The van der Waals surface area contributed by atoms with E-state index in [1.165, 1.54) is 4.68 Å². The number of aromatic nitrogens is 2. The maximum Gasteiger partial charge on any atom is 0.354 e. The molecule has 0 spiro atoms. The van der Waals surface area contributed by atoms with Gasteiger partial charge in [0.2, 0.25) is 0 Å². The molecule has 0 fully saturated rings. The van der Waals surface area contributed by atoms with E-state index in [0.717, 1.165) is 11.1 Å². The quantitative estimate of drug-likeness (QED) is 0.836. The molecule has 0 aliphatic carbocycles. The highest BCUT2D eigenvalue weighted by Crippen LogP contribution is 2.22. The Morgan fingerprint density at radius 2 is 2.06 bits per heavy atom. The number of carbonyl (C=O) groups is 1. The average molecular weight is 216 g/mol. The van der Waals surface area contributed by atoms with E-state index in [9.17, 15) is 4.79 Å². The molecule has 0 amide bonds. The minimum atomic E-state index is -0.963. The van der Waals surface area contributed by atoms with E-state index in [1.807, 2.05) is 31.2 Å². The third kappa shape index (κ3) is 1.69. The van der Waals surface area contributed by atoms with Crippen LogP contribution in [0.3, 0.4) is 0 Å². The lowest BCUT2D eigenvalue weighted by Crippen LogP contribution is -2.04. The second-order valence-electron chi connectivity index (χ2n) is 3.66. The van der Waals surface area contributed by atoms with Gasteiger partial charge in [0.05, 0.1) is 5.69 Å². The van der Waals surface area contributed by atoms with E-state index in [-0.39, 0.29) is 5.69 Å². The monoisotopic (exact) mass is 216 g/mol. The van der Waals surface area contributed by atoms with E-state index < -0.39 is 5.97 Å². The molecule has 0 radical (unpaired) electrons. The zero-order valence-electron chi connectivity index (χ0n) is 9.14. The largest absolute Gasteiger partial charge is 0.477 e. The summed E-state index contributed by atoms with van der Waals surface area (Å²) in [6.07, 6.45) is 0. The zero-order valence-corrected chi connectivity index (χ0v) is 9.14. The van der Waals surface area contributed by atoms with Gasteiger partial charge in [-0.25, -0.2) is 4.79 Å². The van der Waals surface area contributed by atoms with E-state index in [2.05, 4.69) is 5.10 Å². The van der Waals surface area contributed by atoms with Crippen molar-refractivity contribution in [3.05, 3.63) is 41.6 Å². The Hall–Kier alpha value is -2.10. The van der Waals surface area contributed by atoms with Crippen molar-refractivity contribution in [1.29, 1.82) is 0 Å². The molecule has 0 saturated heterocycles. The fourth-order valence-electron chi connectivity index (χ4n) is 1.66. The van der Waals surface area contributed by atoms with Crippen molar-refractivity contribution in [1.82, 2.24) is 9.78 Å². The van der Waals surface area contributed by atoms with Gasteiger partial charge in [0, 0.05) is 12.6 Å². The molecule has 1 aromatic heterocycles. The van der Waals surface area contributed by atoms with Gasteiger partial charge in [-0.3, -0.25) is 4.68 Å². The van der Waals surface area contributed by atoms with Crippen LogP contribution in [0.5, 0.6) is 0 Å². The number of aryl methyl sites for hydroxylation is 2. The molecule has 1 heterocycles. The predicted molar refractivity (Wildman–Crippen MR) is 60.3 cm³/mol. The summed E-state index contributed by atoms with van der Waals surface area (Å²) in [4.78, 5) is 10.9. The van der Waals surface area contributed by atoms with Crippen LogP contribution in [0.4, 0.5) is 0 Å². The Morgan fingerprint density at radius 1 is 1.38 bits per heavy atom. The van der Waals surface area contributed by atoms with E-state index >= 15 is 0 Å². The Morgan fingerprint density at radius 3 is 2.62 bits per heavy atom. The third-order valence-electron chi connectivity index (χ3n) is 2.52. The smallest absolute Gasteiger partial charge is 0.354 e. The SMILES string of the molecule is Cc1ccccc1-c1cc(C(=O)O)n(C)n1. The molecule has 0 saturated carbocycles. The number of benzene rings is 1. The van der Waals surface area contributed by atoms with E-state index in [0.29, 0.717) is 5.69 Å². The summed E-state index contributed by atoms with van der Waals surface area (Å²) in [6, 6.07) is 9.36. The molecular weight excluding hydrogens is 204 g/mol. The molecule has 16 heavy (non-hydrogen) atoms. The molecule has 2 rings (SSSR count). The minimum absolute atomic E-state index is 0.193. The van der Waals surface area contributed by atoms with Gasteiger partial charge in [0.1, 0.15) is 5.69 Å². The molecular formula is C12H12N2O2. The van der Waals surface area contributed by atoms with Gasteiger partial charge in [0.15, 0.2) is 0 Å². The molecule has 0 atom stereocenters. The number of rotatable bonds is 2. The first kappa shape index (κ1) is 10.4. The Balaban J connectivity index is 2.54. The van der Waals surface area contributed by atoms with Gasteiger partial charge in [0.25, 0.3) is 0 Å². The van der Waals surface area contributed by atoms with Gasteiger partial charge in [-0.05, 0) is 18.6 Å². The first-order chi connectivity index (χ1) is 7.59. The summed E-state index contributed by atoms with van der Waals surface area (Å²) in [5.74, 6) is -0.963. The fraction of sp³-hybridized carbons (Fsp3) is 0.167. The highest BCUT2D eigenvalue weighted by molar-refractivity contribution is 5.87. The van der Waals surface area contributed by atoms with Crippen molar-refractivity contribution in [2.24, 2.45) is 7.05 Å². The van der Waals surface area contributed by atoms with Crippen LogP contribution in [0.2, 0.25) is 0 Å². The lowest BCUT2D eigenvalue weighted by atomic mass is 10.1. The molecule has 0 aliphatic heterocycles. The molecule has 0 bridgehead atoms. The number of hydrogen-bond acceptors (Lipinski definition) is 2. The van der Waals surface area contributed by atoms with Crippen LogP contribution in [0.25, 0.3) is 11.3 Å². The van der Waals surface area contributed by atoms with E-state index in [1.54, 1.807) is 13.1 Å². The van der Waals surface area contributed by atoms with Crippen molar-refractivity contribution in [2.75, 3.05) is 0 Å². The van der Waals surface area contributed by atoms with Gasteiger partial charge in [-0.1, -0.05) is 24.3 Å². The Bertz CT molecular complexity index is 544. The van der Waals surface area contributed by atoms with Gasteiger partial charge < -0.3 is 5.11 Å². The van der Waals surface area contributed by atoms with Crippen molar-refractivity contribution in [3.63, 3.8) is 0 Å². The summed E-state index contributed by atoms with van der Waals surface area (Å²) in [5, 5.41) is 13.1. The zero-order chi connectivity index (χ0) is 11.7. The van der Waals surface area contributed by atoms with Gasteiger partial charge in [-0.2, -0.15) is 5.10 Å². The Kier molecular flexibility index (Phi) is 2.48. The minimum Gasteiger partial charge on any atom is -0.477 e. The fourth-order valence-corrected chi connectivity index (χ4v) is 1.66. The number of aromatic carboxylic acids is 1. The first-order valence-electron chi connectivity index (χ1n) is 4.93. The second-order valence-corrected chi connectivity index (χ2v) is 3.66. The summed E-state index contributed by atoms with van der Waals surface area (Å²) in [7, 11) is 1.63. The van der Waals surface area contributed by atoms with Crippen LogP contribution in [0.1, 0.15) is 16.1 Å². The lowest BCUT2D eigenvalue weighted by Gasteiger charge is -2.00. The summed E-state index contributed by atoms with van der Waals surface area (Å²) in [5.41, 5.74) is 2.93. The topological polar surface area (TPSA) is 55.1 Å². The van der Waals surface area contributed by atoms with Crippen molar-refractivity contribution >= 4 is 5.97 Å². The van der Waals surface area contributed by atoms with Crippen LogP contribution >= 0.6 is 0 Å². The summed E-state index contributed by atoms with van der Waals surface area (Å²) in [6.45, 7) is 1.98. The van der Waals surface area contributed by atoms with E-state index in [4.69, 9.17) is 5.11 Å². The van der Waals surface area contributed by atoms with Crippen LogP contribution in [0.15, 0.2) is 30.3 Å². The summed E-state index contributed by atoms with van der Waals surface area (Å²) < 4.78 is 1.38. The van der Waals surface area contributed by atoms with Crippen LogP contribution in [0, 0.1) is 6.92 Å². The second kappa shape index (κ2) is 3.81. The molecule has 0 aliphatic rings. The number of hydrogen-bond donors (Lipinski definition) is 1. The predicted octanol–water partition coefficient (Wildman–Crippen LogP) is 2.09. The van der Waals surface area contributed by atoms with Crippen molar-refractivity contribution in [2.45, 2.75) is 6.92 Å².